The van der Waals surface area contributed by atoms with Crippen molar-refractivity contribution >= 4 is 16.7 Å². The number of benzene rings is 2. The van der Waals surface area contributed by atoms with Crippen LogP contribution in [0.1, 0.15) is 21.6 Å². The molecule has 1 heterocycles. The Kier molecular flexibility index (Phi) is 3.48. The predicted molar refractivity (Wildman–Crippen MR) is 80.9 cm³/mol. The average Bonchev–Trinajstić information content (AvgIpc) is 2.49. The van der Waals surface area contributed by atoms with E-state index >= 15 is 0 Å². The molecule has 0 saturated heterocycles. The number of pyridine rings is 1. The molecular formula is C18H14FNO. The van der Waals surface area contributed by atoms with E-state index < -0.39 is 0 Å². The molecular weight excluding hydrogens is 265 g/mol. The number of halogens is 1. The molecule has 0 fully saturated rings. The van der Waals surface area contributed by atoms with E-state index in [1.807, 2.05) is 31.2 Å². The van der Waals surface area contributed by atoms with Crippen LogP contribution in [0.15, 0.2) is 54.6 Å². The second-order valence-corrected chi connectivity index (χ2v) is 5.09. The monoisotopic (exact) mass is 279 g/mol. The summed E-state index contributed by atoms with van der Waals surface area (Å²) < 4.78 is 12.9. The molecule has 0 radical (unpaired) electrons. The minimum atomic E-state index is -0.293. The van der Waals surface area contributed by atoms with E-state index in [4.69, 9.17) is 0 Å². The lowest BCUT2D eigenvalue weighted by atomic mass is 10.0. The van der Waals surface area contributed by atoms with Crippen molar-refractivity contribution in [3.05, 3.63) is 77.2 Å². The zero-order chi connectivity index (χ0) is 14.8. The first-order valence-corrected chi connectivity index (χ1v) is 6.77. The van der Waals surface area contributed by atoms with Gasteiger partial charge in [0.1, 0.15) is 5.82 Å². The maximum atomic E-state index is 12.9. The smallest absolute Gasteiger partial charge is 0.167 e. The van der Waals surface area contributed by atoms with Gasteiger partial charge < -0.3 is 0 Å². The maximum absolute atomic E-state index is 12.9. The fourth-order valence-electron chi connectivity index (χ4n) is 2.29. The summed E-state index contributed by atoms with van der Waals surface area (Å²) in [7, 11) is 0. The van der Waals surface area contributed by atoms with Crippen LogP contribution in [-0.2, 0) is 6.42 Å². The number of aromatic nitrogens is 1. The Labute approximate surface area is 122 Å². The first-order chi connectivity index (χ1) is 10.1. The standard InChI is InChI=1S/C18H14FNO/c1-12-2-5-14-11-15(6-9-17(14)20-12)18(21)10-13-3-7-16(19)8-4-13/h2-9,11H,10H2,1H3. The van der Waals surface area contributed by atoms with E-state index in [0.717, 1.165) is 22.2 Å². The van der Waals surface area contributed by atoms with E-state index in [1.165, 1.54) is 12.1 Å². The number of fused-ring (bicyclic) bond motifs is 1. The molecule has 0 aliphatic rings. The quantitative estimate of drug-likeness (QED) is 0.675. The van der Waals surface area contributed by atoms with E-state index in [2.05, 4.69) is 4.98 Å². The Balaban J connectivity index is 1.87. The van der Waals surface area contributed by atoms with Crippen LogP contribution in [0, 0.1) is 12.7 Å². The number of hydrogen-bond acceptors (Lipinski definition) is 2. The molecule has 0 atom stereocenters. The van der Waals surface area contributed by atoms with Crippen LogP contribution in [0.2, 0.25) is 0 Å². The van der Waals surface area contributed by atoms with E-state index in [0.29, 0.717) is 5.56 Å². The second kappa shape index (κ2) is 5.44. The van der Waals surface area contributed by atoms with Crippen molar-refractivity contribution in [3.8, 4) is 0 Å². The van der Waals surface area contributed by atoms with Crippen LogP contribution in [0.25, 0.3) is 10.9 Å². The molecule has 0 aliphatic carbocycles. The van der Waals surface area contributed by atoms with Crippen molar-refractivity contribution in [1.82, 2.24) is 4.98 Å². The fourth-order valence-corrected chi connectivity index (χ4v) is 2.29. The van der Waals surface area contributed by atoms with Gasteiger partial charge in [0, 0.05) is 23.1 Å². The van der Waals surface area contributed by atoms with Crippen LogP contribution < -0.4 is 0 Å². The number of aryl methyl sites for hydroxylation is 1. The topological polar surface area (TPSA) is 30.0 Å². The molecule has 0 unspecified atom stereocenters. The van der Waals surface area contributed by atoms with Crippen molar-refractivity contribution in [3.63, 3.8) is 0 Å². The van der Waals surface area contributed by atoms with Crippen LogP contribution in [0.5, 0.6) is 0 Å². The summed E-state index contributed by atoms with van der Waals surface area (Å²) in [5, 5.41) is 0.950. The van der Waals surface area contributed by atoms with E-state index in [1.54, 1.807) is 18.2 Å². The Morgan fingerprint density at radius 2 is 1.81 bits per heavy atom. The van der Waals surface area contributed by atoms with Gasteiger partial charge in [0.05, 0.1) is 5.52 Å². The molecule has 0 aliphatic heterocycles. The Morgan fingerprint density at radius 1 is 1.05 bits per heavy atom. The van der Waals surface area contributed by atoms with Gasteiger partial charge in [-0.15, -0.1) is 0 Å². The number of ketones is 1. The molecule has 2 nitrogen and oxygen atoms in total. The first kappa shape index (κ1) is 13.4. The molecule has 2 aromatic carbocycles. The van der Waals surface area contributed by atoms with Gasteiger partial charge in [-0.2, -0.15) is 0 Å². The summed E-state index contributed by atoms with van der Waals surface area (Å²) in [5.41, 5.74) is 3.29. The van der Waals surface area contributed by atoms with Gasteiger partial charge in [-0.05, 0) is 48.9 Å². The van der Waals surface area contributed by atoms with Crippen LogP contribution in [0.4, 0.5) is 4.39 Å². The summed E-state index contributed by atoms with van der Waals surface area (Å²) in [5.74, 6) is -0.276. The normalized spacial score (nSPS) is 10.8. The molecule has 0 N–H and O–H groups in total. The summed E-state index contributed by atoms with van der Waals surface area (Å²) in [6.45, 7) is 1.94. The van der Waals surface area contributed by atoms with Gasteiger partial charge in [0.2, 0.25) is 0 Å². The molecule has 3 heteroatoms. The molecule has 104 valence electrons. The zero-order valence-corrected chi connectivity index (χ0v) is 11.6. The summed E-state index contributed by atoms with van der Waals surface area (Å²) >= 11 is 0. The molecule has 21 heavy (non-hydrogen) atoms. The van der Waals surface area contributed by atoms with Crippen molar-refractivity contribution in [2.45, 2.75) is 13.3 Å². The number of carbonyl (C=O) groups is 1. The molecule has 3 aromatic rings. The lowest BCUT2D eigenvalue weighted by Crippen LogP contribution is -2.03. The van der Waals surface area contributed by atoms with Crippen molar-refractivity contribution in [2.75, 3.05) is 0 Å². The van der Waals surface area contributed by atoms with Crippen LogP contribution in [-0.4, -0.2) is 10.8 Å². The molecule has 0 bridgehead atoms. The zero-order valence-electron chi connectivity index (χ0n) is 11.6. The summed E-state index contributed by atoms with van der Waals surface area (Å²) in [6.07, 6.45) is 0.269. The van der Waals surface area contributed by atoms with Gasteiger partial charge >= 0.3 is 0 Å². The Morgan fingerprint density at radius 3 is 2.57 bits per heavy atom. The molecule has 3 rings (SSSR count). The van der Waals surface area contributed by atoms with Crippen molar-refractivity contribution in [2.24, 2.45) is 0 Å². The number of carbonyl (C=O) groups excluding carboxylic acids is 1. The van der Waals surface area contributed by atoms with E-state index in [-0.39, 0.29) is 18.0 Å². The highest BCUT2D eigenvalue weighted by molar-refractivity contribution is 6.00. The van der Waals surface area contributed by atoms with Crippen molar-refractivity contribution in [1.29, 1.82) is 0 Å². The number of rotatable bonds is 3. The second-order valence-electron chi connectivity index (χ2n) is 5.09. The third-order valence-corrected chi connectivity index (χ3v) is 3.43. The Bertz CT molecular complexity index is 809. The van der Waals surface area contributed by atoms with Gasteiger partial charge in [0.25, 0.3) is 0 Å². The maximum Gasteiger partial charge on any atom is 0.167 e. The summed E-state index contributed by atoms with van der Waals surface area (Å²) in [6, 6.07) is 15.4. The third-order valence-electron chi connectivity index (χ3n) is 3.43. The van der Waals surface area contributed by atoms with Gasteiger partial charge in [-0.1, -0.05) is 18.2 Å². The van der Waals surface area contributed by atoms with Crippen LogP contribution >= 0.6 is 0 Å². The minimum absolute atomic E-state index is 0.0177. The van der Waals surface area contributed by atoms with Gasteiger partial charge in [0.15, 0.2) is 5.78 Å². The minimum Gasteiger partial charge on any atom is -0.294 e. The molecule has 1 aromatic heterocycles. The third kappa shape index (κ3) is 2.97. The highest BCUT2D eigenvalue weighted by atomic mass is 19.1. The number of hydrogen-bond donors (Lipinski definition) is 0. The fraction of sp³-hybridized carbons (Fsp3) is 0.111. The van der Waals surface area contributed by atoms with Crippen molar-refractivity contribution < 1.29 is 9.18 Å². The highest BCUT2D eigenvalue weighted by Gasteiger charge is 2.08. The predicted octanol–water partition coefficient (Wildman–Crippen LogP) is 4.11. The lowest BCUT2D eigenvalue weighted by Gasteiger charge is -2.04. The van der Waals surface area contributed by atoms with Crippen LogP contribution in [0.3, 0.4) is 0 Å². The van der Waals surface area contributed by atoms with Gasteiger partial charge in [-0.25, -0.2) is 4.39 Å². The molecule has 0 spiro atoms. The summed E-state index contributed by atoms with van der Waals surface area (Å²) in [4.78, 5) is 16.7. The molecule has 0 saturated carbocycles. The number of nitrogens with zero attached hydrogens (tertiary/aromatic N) is 1. The van der Waals surface area contributed by atoms with Gasteiger partial charge in [-0.3, -0.25) is 9.78 Å². The Hall–Kier alpha value is -2.55. The van der Waals surface area contributed by atoms with E-state index in [9.17, 15) is 9.18 Å². The SMILES string of the molecule is Cc1ccc2cc(C(=O)Cc3ccc(F)cc3)ccc2n1. The highest BCUT2D eigenvalue weighted by Crippen LogP contribution is 2.16. The average molecular weight is 279 g/mol. The number of Topliss-reactive ketones (excluding diaryl/α,β-unsaturated/α-hetero) is 1. The largest absolute Gasteiger partial charge is 0.294 e. The lowest BCUT2D eigenvalue weighted by molar-refractivity contribution is 0.0993. The molecule has 0 amide bonds. The first-order valence-electron chi connectivity index (χ1n) is 6.77.